The van der Waals surface area contributed by atoms with Crippen LogP contribution in [0, 0.1) is 17.3 Å². The fourth-order valence-electron chi connectivity index (χ4n) is 5.06. The van der Waals surface area contributed by atoms with Gasteiger partial charge in [0.2, 0.25) is 5.91 Å². The SMILES string of the molecule is C[C@]1(CNC(=O)/C=C/c2ccccc2)C[C@@H]1CC1CCN(c2nsc3ccccc23)CC1. The third-order valence-corrected chi connectivity index (χ3v) is 8.14. The topological polar surface area (TPSA) is 45.2 Å². The van der Waals surface area contributed by atoms with Crippen LogP contribution < -0.4 is 10.2 Å². The summed E-state index contributed by atoms with van der Waals surface area (Å²) in [6.07, 6.45) is 8.52. The van der Waals surface area contributed by atoms with Gasteiger partial charge in [-0.05, 0) is 78.2 Å². The summed E-state index contributed by atoms with van der Waals surface area (Å²) in [5.74, 6) is 2.70. The summed E-state index contributed by atoms with van der Waals surface area (Å²) in [6, 6.07) is 18.5. The maximum absolute atomic E-state index is 12.2. The van der Waals surface area contributed by atoms with Crippen LogP contribution in [0.2, 0.25) is 0 Å². The van der Waals surface area contributed by atoms with E-state index in [2.05, 4.69) is 41.4 Å². The molecule has 1 aliphatic heterocycles. The molecule has 166 valence electrons. The van der Waals surface area contributed by atoms with Crippen molar-refractivity contribution in [3.8, 4) is 0 Å². The van der Waals surface area contributed by atoms with Crippen LogP contribution in [0.5, 0.6) is 0 Å². The highest BCUT2D eigenvalue weighted by molar-refractivity contribution is 7.13. The first-order chi connectivity index (χ1) is 15.6. The second-order valence-corrected chi connectivity index (χ2v) is 10.5. The molecule has 2 aliphatic rings. The van der Waals surface area contributed by atoms with Gasteiger partial charge in [-0.1, -0.05) is 49.4 Å². The summed E-state index contributed by atoms with van der Waals surface area (Å²) in [5, 5.41) is 4.42. The van der Waals surface area contributed by atoms with Gasteiger partial charge in [-0.3, -0.25) is 4.79 Å². The Bertz CT molecular complexity index is 1100. The number of nitrogens with one attached hydrogen (secondary N) is 1. The van der Waals surface area contributed by atoms with Crippen molar-refractivity contribution in [1.29, 1.82) is 0 Å². The lowest BCUT2D eigenvalue weighted by molar-refractivity contribution is -0.116. The summed E-state index contributed by atoms with van der Waals surface area (Å²) in [6.45, 7) is 5.31. The lowest BCUT2D eigenvalue weighted by Gasteiger charge is -2.32. The number of rotatable bonds is 7. The van der Waals surface area contributed by atoms with E-state index in [1.54, 1.807) is 17.6 Å². The van der Waals surface area contributed by atoms with Gasteiger partial charge in [0, 0.05) is 31.1 Å². The van der Waals surface area contributed by atoms with Gasteiger partial charge in [-0.15, -0.1) is 0 Å². The molecule has 1 saturated heterocycles. The van der Waals surface area contributed by atoms with E-state index in [0.29, 0.717) is 0 Å². The van der Waals surface area contributed by atoms with Crippen LogP contribution in [0.25, 0.3) is 16.2 Å². The molecule has 4 nitrogen and oxygen atoms in total. The van der Waals surface area contributed by atoms with Gasteiger partial charge in [0.1, 0.15) is 5.82 Å². The molecule has 3 aromatic rings. The zero-order chi connectivity index (χ0) is 22.0. The number of nitrogens with zero attached hydrogens (tertiary/aromatic N) is 2. The van der Waals surface area contributed by atoms with Gasteiger partial charge < -0.3 is 10.2 Å². The normalized spacial score (nSPS) is 23.7. The Kier molecular flexibility index (Phi) is 6.01. The number of hydrogen-bond acceptors (Lipinski definition) is 4. The van der Waals surface area contributed by atoms with E-state index < -0.39 is 0 Å². The van der Waals surface area contributed by atoms with E-state index in [0.717, 1.165) is 37.0 Å². The van der Waals surface area contributed by atoms with E-state index in [9.17, 15) is 4.79 Å². The fraction of sp³-hybridized carbons (Fsp3) is 0.407. The second kappa shape index (κ2) is 9.07. The quantitative estimate of drug-likeness (QED) is 0.470. The summed E-state index contributed by atoms with van der Waals surface area (Å²) in [7, 11) is 0. The summed E-state index contributed by atoms with van der Waals surface area (Å²) in [5.41, 5.74) is 1.31. The molecule has 0 radical (unpaired) electrons. The Morgan fingerprint density at radius 2 is 1.91 bits per heavy atom. The Balaban J connectivity index is 1.07. The minimum Gasteiger partial charge on any atom is -0.355 e. The predicted octanol–water partition coefficient (Wildman–Crippen LogP) is 5.76. The lowest BCUT2D eigenvalue weighted by atomic mass is 9.89. The average Bonchev–Trinajstić information content (AvgIpc) is 3.26. The fourth-order valence-corrected chi connectivity index (χ4v) is 5.85. The minimum absolute atomic E-state index is 0.00419. The van der Waals surface area contributed by atoms with E-state index in [-0.39, 0.29) is 11.3 Å². The molecular formula is C27H31N3OS. The molecule has 2 atom stereocenters. The highest BCUT2D eigenvalue weighted by Crippen LogP contribution is 2.55. The van der Waals surface area contributed by atoms with Crippen molar-refractivity contribution in [1.82, 2.24) is 9.69 Å². The Morgan fingerprint density at radius 3 is 2.72 bits per heavy atom. The van der Waals surface area contributed by atoms with E-state index in [1.165, 1.54) is 41.6 Å². The molecule has 1 N–H and O–H groups in total. The van der Waals surface area contributed by atoms with E-state index >= 15 is 0 Å². The Labute approximate surface area is 194 Å². The summed E-state index contributed by atoms with van der Waals surface area (Å²) in [4.78, 5) is 14.7. The molecule has 2 fully saturated rings. The third kappa shape index (κ3) is 4.73. The third-order valence-electron chi connectivity index (χ3n) is 7.32. The molecule has 0 spiro atoms. The van der Waals surface area contributed by atoms with Crippen LogP contribution in [0.3, 0.4) is 0 Å². The number of amides is 1. The molecule has 2 heterocycles. The Morgan fingerprint density at radius 1 is 1.16 bits per heavy atom. The molecule has 1 aliphatic carbocycles. The number of aromatic nitrogens is 1. The van der Waals surface area contributed by atoms with Crippen LogP contribution in [0.15, 0.2) is 60.7 Å². The van der Waals surface area contributed by atoms with Crippen molar-refractivity contribution in [2.45, 2.75) is 32.6 Å². The van der Waals surface area contributed by atoms with Crippen molar-refractivity contribution in [3.05, 3.63) is 66.2 Å². The lowest BCUT2D eigenvalue weighted by Crippen LogP contribution is -2.34. The summed E-state index contributed by atoms with van der Waals surface area (Å²) < 4.78 is 6.01. The monoisotopic (exact) mass is 445 g/mol. The zero-order valence-corrected chi connectivity index (χ0v) is 19.5. The molecular weight excluding hydrogens is 414 g/mol. The van der Waals surface area contributed by atoms with Crippen molar-refractivity contribution >= 4 is 39.4 Å². The van der Waals surface area contributed by atoms with Gasteiger partial charge >= 0.3 is 0 Å². The van der Waals surface area contributed by atoms with Crippen LogP contribution in [0.4, 0.5) is 5.82 Å². The second-order valence-electron chi connectivity index (χ2n) is 9.69. The highest BCUT2D eigenvalue weighted by Gasteiger charge is 2.50. The molecule has 32 heavy (non-hydrogen) atoms. The number of anilines is 1. The highest BCUT2D eigenvalue weighted by atomic mass is 32.1. The first-order valence-electron chi connectivity index (χ1n) is 11.7. The van der Waals surface area contributed by atoms with Crippen LogP contribution in [-0.2, 0) is 4.79 Å². The van der Waals surface area contributed by atoms with E-state index in [4.69, 9.17) is 4.37 Å². The predicted molar refractivity (Wildman–Crippen MR) is 134 cm³/mol. The molecule has 5 rings (SSSR count). The van der Waals surface area contributed by atoms with Crippen molar-refractivity contribution in [2.24, 2.45) is 17.3 Å². The standard InChI is InChI=1S/C27H31N3OS/c1-27(19-28-25(31)12-11-20-7-3-2-4-8-20)18-22(27)17-21-13-15-30(16-14-21)26-23-9-5-6-10-24(23)32-29-26/h2-12,21-22H,13-19H2,1H3,(H,28,31)/b12-11+/t22-,27+/m0/s1. The minimum atomic E-state index is 0.00419. The van der Waals surface area contributed by atoms with Gasteiger partial charge in [-0.25, -0.2) is 0 Å². The first-order valence-corrected chi connectivity index (χ1v) is 12.5. The molecule has 5 heteroatoms. The van der Waals surface area contributed by atoms with Gasteiger partial charge in [-0.2, -0.15) is 4.37 Å². The molecule has 1 aromatic heterocycles. The zero-order valence-electron chi connectivity index (χ0n) is 18.7. The maximum Gasteiger partial charge on any atom is 0.244 e. The number of carbonyl (C=O) groups is 1. The number of carbonyl (C=O) groups excluding carboxylic acids is 1. The van der Waals surface area contributed by atoms with E-state index in [1.807, 2.05) is 36.4 Å². The summed E-state index contributed by atoms with van der Waals surface area (Å²) >= 11 is 1.61. The van der Waals surface area contributed by atoms with Crippen LogP contribution in [-0.4, -0.2) is 29.9 Å². The van der Waals surface area contributed by atoms with Crippen LogP contribution in [0.1, 0.15) is 38.2 Å². The largest absolute Gasteiger partial charge is 0.355 e. The number of fused-ring (bicyclic) bond motifs is 1. The number of hydrogen-bond donors (Lipinski definition) is 1. The van der Waals surface area contributed by atoms with Crippen LogP contribution >= 0.6 is 11.5 Å². The van der Waals surface area contributed by atoms with Crippen molar-refractivity contribution in [3.63, 3.8) is 0 Å². The molecule has 0 unspecified atom stereocenters. The van der Waals surface area contributed by atoms with Crippen molar-refractivity contribution in [2.75, 3.05) is 24.5 Å². The van der Waals surface area contributed by atoms with Crippen molar-refractivity contribution < 1.29 is 4.79 Å². The van der Waals surface area contributed by atoms with Gasteiger partial charge in [0.25, 0.3) is 0 Å². The van der Waals surface area contributed by atoms with Gasteiger partial charge in [0.05, 0.1) is 4.70 Å². The number of piperidine rings is 1. The Hall–Kier alpha value is -2.66. The first kappa shape index (κ1) is 21.2. The van der Waals surface area contributed by atoms with Gasteiger partial charge in [0.15, 0.2) is 0 Å². The average molecular weight is 446 g/mol. The molecule has 2 aromatic carbocycles. The maximum atomic E-state index is 12.2. The molecule has 0 bridgehead atoms. The smallest absolute Gasteiger partial charge is 0.244 e. The number of benzene rings is 2. The molecule has 1 saturated carbocycles. The molecule has 1 amide bonds.